The molecule has 0 bridgehead atoms. The van der Waals surface area contributed by atoms with E-state index in [0.29, 0.717) is 50.4 Å². The summed E-state index contributed by atoms with van der Waals surface area (Å²) in [6.07, 6.45) is 0.546. The molecule has 0 spiro atoms. The van der Waals surface area contributed by atoms with Crippen LogP contribution >= 0.6 is 0 Å². The number of pyridine rings is 2. The number of aromatic nitrogens is 6. The number of aryl methyl sites for hydroxylation is 1. The van der Waals surface area contributed by atoms with Crippen LogP contribution in [0, 0.1) is 12.7 Å². The van der Waals surface area contributed by atoms with Crippen molar-refractivity contribution in [1.29, 1.82) is 0 Å². The molecule has 5 atom stereocenters. The lowest BCUT2D eigenvalue weighted by Gasteiger charge is -2.37. The first-order valence-electron chi connectivity index (χ1n) is 25.4. The minimum atomic E-state index is -5.16. The first-order chi connectivity index (χ1) is 36.2. The van der Waals surface area contributed by atoms with Gasteiger partial charge in [-0.3, -0.25) is 4.90 Å². The van der Waals surface area contributed by atoms with E-state index < -0.39 is 53.6 Å². The summed E-state index contributed by atoms with van der Waals surface area (Å²) in [5, 5.41) is 4.82. The molecule has 0 N–H and O–H groups in total. The maximum Gasteiger partial charge on any atom is 0.573 e. The molecule has 3 fully saturated rings. The number of nitrogens with zero attached hydrogens (tertiary/aromatic N) is 9. The van der Waals surface area contributed by atoms with Gasteiger partial charge in [-0.05, 0) is 113 Å². The Balaban J connectivity index is 1.08. The highest BCUT2D eigenvalue weighted by Crippen LogP contribution is 2.49. The number of rotatable bonds is 15. The summed E-state index contributed by atoms with van der Waals surface area (Å²) in [4.78, 5) is 25.9. The van der Waals surface area contributed by atoms with Crippen LogP contribution in [0.25, 0.3) is 33.1 Å². The van der Waals surface area contributed by atoms with E-state index in [1.54, 1.807) is 25.1 Å². The van der Waals surface area contributed by atoms with E-state index >= 15 is 8.78 Å². The van der Waals surface area contributed by atoms with Crippen LogP contribution in [0.1, 0.15) is 86.9 Å². The van der Waals surface area contributed by atoms with Crippen LogP contribution in [0.5, 0.6) is 29.1 Å². The van der Waals surface area contributed by atoms with E-state index in [-0.39, 0.29) is 71.3 Å². The molecule has 0 saturated carbocycles. The third-order valence-corrected chi connectivity index (χ3v) is 15.1. The molecular weight excluding hydrogens is 978 g/mol. The van der Waals surface area contributed by atoms with E-state index in [9.17, 15) is 13.2 Å². The zero-order chi connectivity index (χ0) is 52.2. The lowest BCUT2D eigenvalue weighted by Crippen LogP contribution is -2.43. The van der Waals surface area contributed by atoms with Gasteiger partial charge in [0, 0.05) is 49.8 Å². The molecule has 75 heavy (non-hydrogen) atoms. The van der Waals surface area contributed by atoms with Crippen LogP contribution in [0.3, 0.4) is 0 Å². The van der Waals surface area contributed by atoms with Gasteiger partial charge >= 0.3 is 12.4 Å². The smallest absolute Gasteiger partial charge is 0.497 e. The lowest BCUT2D eigenvalue weighted by atomic mass is 9.95. The van der Waals surface area contributed by atoms with E-state index in [1.807, 2.05) is 79.4 Å². The molecule has 11 rings (SSSR count). The number of methoxy groups -OCH3 is 2. The highest BCUT2D eigenvalue weighted by atomic mass is 19.4. The average Bonchev–Trinajstić information content (AvgIpc) is 4.09. The monoisotopic (exact) mass is 1040 g/mol. The summed E-state index contributed by atoms with van der Waals surface area (Å²) in [6.45, 7) is 7.79. The predicted octanol–water partition coefficient (Wildman–Crippen LogP) is 11.0. The van der Waals surface area contributed by atoms with Crippen LogP contribution in [0.4, 0.5) is 33.6 Å². The highest BCUT2D eigenvalue weighted by molar-refractivity contribution is 6.03. The quantitative estimate of drug-likeness (QED) is 0.0902. The van der Waals surface area contributed by atoms with Gasteiger partial charge in [0.25, 0.3) is 0 Å². The molecule has 0 aliphatic carbocycles. The van der Waals surface area contributed by atoms with Crippen molar-refractivity contribution in [2.75, 3.05) is 56.9 Å². The maximum atomic E-state index is 18.3. The molecule has 3 saturated heterocycles. The molecule has 394 valence electrons. The Morgan fingerprint density at radius 2 is 1.68 bits per heavy atom. The van der Waals surface area contributed by atoms with Crippen molar-refractivity contribution < 1.29 is 50.4 Å². The van der Waals surface area contributed by atoms with E-state index in [0.717, 1.165) is 47.5 Å². The molecule has 4 aliphatic rings. The SMILES string of the molecule is COc1ccc(CN(Cc2ccc(OC)cc2)c2ncccc2[C@@H](C)N2c3nc(OC[C@@]45CCCN4C[C@H](F)C5)nc4c(F)c(-c5c(OC(F)(F)F)c(C)cc6c5cnn6C5CCCCO5)nc(c34)OC[C@@H]2C)cc1. The number of hydrogen-bond donors (Lipinski definition) is 0. The minimum absolute atomic E-state index is 0.0108. The molecule has 15 nitrogen and oxygen atoms in total. The van der Waals surface area contributed by atoms with Gasteiger partial charge in [0.1, 0.15) is 64.9 Å². The molecule has 1 unspecified atom stereocenters. The molecule has 8 heterocycles. The number of alkyl halides is 4. The summed E-state index contributed by atoms with van der Waals surface area (Å²) in [5.41, 5.74) is 1.55. The second-order valence-corrected chi connectivity index (χ2v) is 20.0. The van der Waals surface area contributed by atoms with Crippen LogP contribution < -0.4 is 33.5 Å². The van der Waals surface area contributed by atoms with Crippen LogP contribution in [0.2, 0.25) is 0 Å². The van der Waals surface area contributed by atoms with E-state index in [4.69, 9.17) is 48.4 Å². The van der Waals surface area contributed by atoms with Gasteiger partial charge in [0.2, 0.25) is 5.88 Å². The second kappa shape index (κ2) is 20.2. The number of anilines is 2. The third-order valence-electron chi connectivity index (χ3n) is 15.1. The third kappa shape index (κ3) is 9.66. The summed E-state index contributed by atoms with van der Waals surface area (Å²) in [5.74, 6) is 0.501. The van der Waals surface area contributed by atoms with Gasteiger partial charge in [-0.15, -0.1) is 13.2 Å². The molecule has 0 amide bonds. The average molecular weight is 1040 g/mol. The van der Waals surface area contributed by atoms with Gasteiger partial charge in [-0.2, -0.15) is 15.1 Å². The van der Waals surface area contributed by atoms with Crippen molar-refractivity contribution in [2.45, 2.75) is 109 Å². The van der Waals surface area contributed by atoms with Gasteiger partial charge in [-0.1, -0.05) is 30.3 Å². The van der Waals surface area contributed by atoms with Crippen molar-refractivity contribution in [3.8, 4) is 40.4 Å². The summed E-state index contributed by atoms with van der Waals surface area (Å²) in [7, 11) is 3.25. The molecule has 0 radical (unpaired) electrons. The summed E-state index contributed by atoms with van der Waals surface area (Å²) in [6, 6.07) is 19.8. The number of halogens is 5. The first-order valence-corrected chi connectivity index (χ1v) is 25.4. The fraction of sp³-hybridized carbons (Fsp3) is 0.436. The predicted molar refractivity (Wildman–Crippen MR) is 271 cm³/mol. The molecule has 4 aliphatic heterocycles. The number of ether oxygens (including phenoxy) is 6. The maximum absolute atomic E-state index is 18.3. The van der Waals surface area contributed by atoms with E-state index in [1.165, 1.54) is 19.2 Å². The number of fused-ring (bicyclic) bond motifs is 2. The molecule has 7 aromatic rings. The van der Waals surface area contributed by atoms with Crippen molar-refractivity contribution in [2.24, 2.45) is 0 Å². The minimum Gasteiger partial charge on any atom is -0.497 e. The van der Waals surface area contributed by atoms with Gasteiger partial charge < -0.3 is 38.2 Å². The topological polar surface area (TPSA) is 134 Å². The Hall–Kier alpha value is -7.06. The Labute approximate surface area is 430 Å². The summed E-state index contributed by atoms with van der Waals surface area (Å²) < 4.78 is 113. The van der Waals surface area contributed by atoms with Gasteiger partial charge in [0.15, 0.2) is 12.0 Å². The zero-order valence-electron chi connectivity index (χ0n) is 42.4. The normalized spacial score (nSPS) is 21.2. The Kier molecular flexibility index (Phi) is 13.5. The number of hydrogen-bond acceptors (Lipinski definition) is 14. The number of benzene rings is 3. The van der Waals surface area contributed by atoms with Crippen molar-refractivity contribution >= 4 is 33.4 Å². The Morgan fingerprint density at radius 1 is 0.947 bits per heavy atom. The van der Waals surface area contributed by atoms with Crippen LogP contribution in [-0.4, -0.2) is 106 Å². The van der Waals surface area contributed by atoms with Crippen LogP contribution in [-0.2, 0) is 17.8 Å². The Morgan fingerprint density at radius 3 is 2.36 bits per heavy atom. The molecule has 20 heteroatoms. The molecular formula is C55H58F5N9O6. The molecule has 4 aromatic heterocycles. The molecule has 3 aromatic carbocycles. The summed E-state index contributed by atoms with van der Waals surface area (Å²) >= 11 is 0. The van der Waals surface area contributed by atoms with Crippen molar-refractivity contribution in [3.63, 3.8) is 0 Å². The standard InChI is InChI=1S/C55H58F5N9O6/c1-32-24-42-41(26-62-69(42)43-11-6-7-23-72-43)44(49(32)75-55(58,59)60)47-46(57)48-45-51(65-53(64-48)74-31-54-20-9-22-67(54)29-37(56)25-54)68(33(2)30-73-52(45)63-47)34(3)40-10-8-21-61-50(40)66(27-35-12-16-38(70-4)17-13-35)28-36-14-18-39(71-5)19-15-36/h8,10,12-19,21,24,26,33-34,37,43H,6-7,9,11,20,22-23,25,27-31H2,1-5H3/t33-,34+,37+,43?,54-/m0/s1. The lowest BCUT2D eigenvalue weighted by molar-refractivity contribution is -0.274. The second-order valence-electron chi connectivity index (χ2n) is 20.0. The van der Waals surface area contributed by atoms with Crippen molar-refractivity contribution in [1.82, 2.24) is 34.6 Å². The van der Waals surface area contributed by atoms with Gasteiger partial charge in [0.05, 0.1) is 49.1 Å². The van der Waals surface area contributed by atoms with Crippen molar-refractivity contribution in [3.05, 3.63) is 107 Å². The Bertz CT molecular complexity index is 3160. The largest absolute Gasteiger partial charge is 0.573 e. The fourth-order valence-electron chi connectivity index (χ4n) is 11.5. The van der Waals surface area contributed by atoms with E-state index in [2.05, 4.69) is 14.9 Å². The van der Waals surface area contributed by atoms with Crippen LogP contribution in [0.15, 0.2) is 79.1 Å². The zero-order valence-corrected chi connectivity index (χ0v) is 42.4. The fourth-order valence-corrected chi connectivity index (χ4v) is 11.5. The highest BCUT2D eigenvalue weighted by Gasteiger charge is 2.50. The van der Waals surface area contributed by atoms with Gasteiger partial charge in [-0.25, -0.2) is 23.4 Å². The first kappa shape index (κ1) is 50.1.